The molecular formula is C25H27F7N2O4S. The Balaban J connectivity index is 0.000000320. The molecule has 2 N–H and O–H groups in total. The molecule has 1 saturated heterocycles. The monoisotopic (exact) mass is 584 g/mol. The van der Waals surface area contributed by atoms with Gasteiger partial charge in [0.15, 0.2) is 16.9 Å². The van der Waals surface area contributed by atoms with E-state index in [1.165, 1.54) is 28.3 Å². The maximum absolute atomic E-state index is 13.0. The number of carbonyl (C=O) groups is 1. The summed E-state index contributed by atoms with van der Waals surface area (Å²) in [6, 6.07) is 7.67. The van der Waals surface area contributed by atoms with Crippen molar-refractivity contribution in [3.63, 3.8) is 0 Å². The van der Waals surface area contributed by atoms with Gasteiger partial charge in [-0.15, -0.1) is 0 Å². The molecule has 2 atom stereocenters. The van der Waals surface area contributed by atoms with Gasteiger partial charge >= 0.3 is 12.4 Å². The van der Waals surface area contributed by atoms with Gasteiger partial charge in [0.1, 0.15) is 11.4 Å². The second-order valence-corrected chi connectivity index (χ2v) is 10.8. The smallest absolute Gasteiger partial charge is 0.393 e. The molecule has 0 spiro atoms. The topological polar surface area (TPSA) is 81.1 Å². The number of hydrogen-bond donors (Lipinski definition) is 2. The van der Waals surface area contributed by atoms with Gasteiger partial charge in [0.25, 0.3) is 0 Å². The van der Waals surface area contributed by atoms with Crippen molar-refractivity contribution < 1.29 is 49.9 Å². The third-order valence-corrected chi connectivity index (χ3v) is 7.91. The van der Waals surface area contributed by atoms with Crippen molar-refractivity contribution in [3.8, 4) is 0 Å². The summed E-state index contributed by atoms with van der Waals surface area (Å²) < 4.78 is 105. The normalized spacial score (nSPS) is 20.4. The number of alkyl halides is 6. The molecule has 1 fully saturated rings. The molecule has 2 aliphatic heterocycles. The summed E-state index contributed by atoms with van der Waals surface area (Å²) in [4.78, 5) is 12.6. The molecule has 2 unspecified atom stereocenters. The van der Waals surface area contributed by atoms with E-state index in [1.807, 2.05) is 0 Å². The molecule has 14 heteroatoms. The van der Waals surface area contributed by atoms with E-state index >= 15 is 0 Å². The standard InChI is InChI=1S/C18H14F7NOS.C7H13NO3/c19-13-4-6-14(7-5-13)28(27)26-9-1-2-11-10-12(3-8-15(11)26)16(17(20,21)22)18(23,24)25;1-6(10)8-3-2-7(11,4-8)5-9/h3-8,10,16H,1-2,9H2;9,11H,2-5H2,1H3. The zero-order chi connectivity index (χ0) is 29.2. The minimum absolute atomic E-state index is 0.0469. The van der Waals surface area contributed by atoms with E-state index in [4.69, 9.17) is 5.11 Å². The van der Waals surface area contributed by atoms with Gasteiger partial charge in [0, 0.05) is 20.0 Å². The van der Waals surface area contributed by atoms with Gasteiger partial charge in [0.2, 0.25) is 5.91 Å². The van der Waals surface area contributed by atoms with Crippen molar-refractivity contribution in [2.75, 3.05) is 30.5 Å². The first-order chi connectivity index (χ1) is 18.1. The lowest BCUT2D eigenvalue weighted by Gasteiger charge is -2.31. The van der Waals surface area contributed by atoms with E-state index in [0.29, 0.717) is 31.6 Å². The summed E-state index contributed by atoms with van der Waals surface area (Å²) in [7, 11) is -1.77. The largest absolute Gasteiger partial charge is 0.404 e. The molecule has 0 bridgehead atoms. The van der Waals surface area contributed by atoms with Gasteiger partial charge in [-0.1, -0.05) is 12.1 Å². The number of nitrogens with zero attached hydrogens (tertiary/aromatic N) is 2. The molecule has 2 aliphatic rings. The minimum Gasteiger partial charge on any atom is -0.393 e. The average Bonchev–Trinajstić information content (AvgIpc) is 3.25. The lowest BCUT2D eigenvalue weighted by Crippen LogP contribution is -2.38. The fraction of sp³-hybridized carbons (Fsp3) is 0.480. The van der Waals surface area contributed by atoms with Crippen LogP contribution in [-0.2, 0) is 22.2 Å². The summed E-state index contributed by atoms with van der Waals surface area (Å²) in [5.74, 6) is -4.15. The fourth-order valence-electron chi connectivity index (χ4n) is 4.43. The van der Waals surface area contributed by atoms with Crippen LogP contribution in [0.3, 0.4) is 0 Å². The molecule has 0 aliphatic carbocycles. The van der Waals surface area contributed by atoms with Crippen LogP contribution in [0.5, 0.6) is 0 Å². The van der Waals surface area contributed by atoms with Gasteiger partial charge in [-0.25, -0.2) is 8.60 Å². The molecule has 216 valence electrons. The molecule has 0 saturated carbocycles. The van der Waals surface area contributed by atoms with Crippen LogP contribution in [0.15, 0.2) is 47.4 Å². The molecule has 2 heterocycles. The van der Waals surface area contributed by atoms with Gasteiger partial charge < -0.3 is 15.1 Å². The molecule has 1 amide bonds. The maximum atomic E-state index is 13.0. The zero-order valence-corrected chi connectivity index (χ0v) is 21.5. The molecular weight excluding hydrogens is 557 g/mol. The molecule has 2 aromatic carbocycles. The van der Waals surface area contributed by atoms with Gasteiger partial charge in [-0.2, -0.15) is 26.3 Å². The summed E-state index contributed by atoms with van der Waals surface area (Å²) >= 11 is 0. The average molecular weight is 585 g/mol. The van der Waals surface area contributed by atoms with E-state index in [1.54, 1.807) is 0 Å². The van der Waals surface area contributed by atoms with Gasteiger partial charge in [-0.3, -0.25) is 9.10 Å². The second kappa shape index (κ2) is 11.8. The number of fused-ring (bicyclic) bond motifs is 1. The van der Waals surface area contributed by atoms with Crippen molar-refractivity contribution in [2.45, 2.75) is 55.0 Å². The van der Waals surface area contributed by atoms with E-state index < -0.39 is 46.2 Å². The van der Waals surface area contributed by atoms with Crippen LogP contribution in [0.4, 0.5) is 36.4 Å². The van der Waals surface area contributed by atoms with Gasteiger partial charge in [-0.05, 0) is 60.7 Å². The van der Waals surface area contributed by atoms with Crippen LogP contribution in [0.1, 0.15) is 36.8 Å². The van der Waals surface area contributed by atoms with Crippen LogP contribution in [0, 0.1) is 5.82 Å². The Hall–Kier alpha value is -2.71. The highest BCUT2D eigenvalue weighted by Gasteiger charge is 2.57. The van der Waals surface area contributed by atoms with E-state index in [-0.39, 0.29) is 35.9 Å². The highest BCUT2D eigenvalue weighted by molar-refractivity contribution is 7.86. The van der Waals surface area contributed by atoms with E-state index in [2.05, 4.69) is 0 Å². The SMILES string of the molecule is CC(=O)N1CCC(O)(CO)C1.O=S(c1ccc(F)cc1)N1CCCc2cc(C(C(F)(F)F)C(F)(F)F)ccc21. The van der Waals surface area contributed by atoms with Crippen molar-refractivity contribution in [3.05, 3.63) is 59.4 Å². The fourth-order valence-corrected chi connectivity index (χ4v) is 5.71. The predicted octanol–water partition coefficient (Wildman–Crippen LogP) is 4.47. The Morgan fingerprint density at radius 2 is 1.67 bits per heavy atom. The van der Waals surface area contributed by atoms with E-state index in [9.17, 15) is 44.8 Å². The number of aliphatic hydroxyl groups is 2. The van der Waals surface area contributed by atoms with Crippen molar-refractivity contribution >= 4 is 22.6 Å². The van der Waals surface area contributed by atoms with Crippen molar-refractivity contribution in [1.29, 1.82) is 0 Å². The molecule has 0 radical (unpaired) electrons. The van der Waals surface area contributed by atoms with Crippen LogP contribution in [-0.4, -0.2) is 69.4 Å². The van der Waals surface area contributed by atoms with Gasteiger partial charge in [0.05, 0.1) is 23.7 Å². The first-order valence-corrected chi connectivity index (χ1v) is 13.0. The number of carbonyl (C=O) groups excluding carboxylic acids is 1. The molecule has 6 nitrogen and oxygen atoms in total. The third-order valence-electron chi connectivity index (χ3n) is 6.45. The Morgan fingerprint density at radius 3 is 2.15 bits per heavy atom. The number of aryl methyl sites for hydroxylation is 1. The third kappa shape index (κ3) is 7.48. The number of aliphatic hydroxyl groups excluding tert-OH is 1. The van der Waals surface area contributed by atoms with Crippen LogP contribution < -0.4 is 4.31 Å². The summed E-state index contributed by atoms with van der Waals surface area (Å²) in [6.07, 6.45) is -9.80. The number of anilines is 1. The first-order valence-electron chi connectivity index (χ1n) is 11.9. The number of likely N-dealkylation sites (tertiary alicyclic amines) is 1. The van der Waals surface area contributed by atoms with Crippen molar-refractivity contribution in [1.82, 2.24) is 4.90 Å². The van der Waals surface area contributed by atoms with E-state index in [0.717, 1.165) is 30.3 Å². The Labute approximate surface area is 222 Å². The summed E-state index contributed by atoms with van der Waals surface area (Å²) in [6.45, 7) is 2.31. The lowest BCUT2D eigenvalue weighted by molar-refractivity contribution is -0.253. The molecule has 2 aromatic rings. The van der Waals surface area contributed by atoms with Crippen LogP contribution >= 0.6 is 0 Å². The number of halogens is 7. The Kier molecular flexibility index (Phi) is 9.33. The quantitative estimate of drug-likeness (QED) is 0.520. The maximum Gasteiger partial charge on any atom is 0.404 e. The Bertz CT molecular complexity index is 1180. The van der Waals surface area contributed by atoms with Crippen molar-refractivity contribution in [2.24, 2.45) is 0 Å². The lowest BCUT2D eigenvalue weighted by atomic mass is 9.93. The predicted molar refractivity (Wildman–Crippen MR) is 129 cm³/mol. The number of rotatable bonds is 4. The molecule has 0 aromatic heterocycles. The molecule has 39 heavy (non-hydrogen) atoms. The number of hydrogen-bond acceptors (Lipinski definition) is 4. The Morgan fingerprint density at radius 1 is 1.05 bits per heavy atom. The minimum atomic E-state index is -5.47. The summed E-state index contributed by atoms with van der Waals surface area (Å²) in [5, 5.41) is 18.2. The highest BCUT2D eigenvalue weighted by Crippen LogP contribution is 2.47. The molecule has 4 rings (SSSR count). The summed E-state index contributed by atoms with van der Waals surface area (Å²) in [5.41, 5.74) is -1.38. The number of β-amino-alcohol motifs (C(OH)–C–C–N with tert-alkyl or cyclic N) is 1. The highest BCUT2D eigenvalue weighted by atomic mass is 32.2. The zero-order valence-electron chi connectivity index (χ0n) is 20.7. The second-order valence-electron chi connectivity index (χ2n) is 9.39. The number of benzene rings is 2. The van der Waals surface area contributed by atoms with Crippen LogP contribution in [0.25, 0.3) is 0 Å². The first kappa shape index (κ1) is 30.8. The number of amides is 1. The van der Waals surface area contributed by atoms with Crippen LogP contribution in [0.2, 0.25) is 0 Å².